The highest BCUT2D eigenvalue weighted by molar-refractivity contribution is 5.91. The van der Waals surface area contributed by atoms with E-state index in [2.05, 4.69) is 42.7 Å². The Morgan fingerprint density at radius 2 is 2.09 bits per heavy atom. The van der Waals surface area contributed by atoms with Crippen LogP contribution in [-0.2, 0) is 16.0 Å². The van der Waals surface area contributed by atoms with Crippen LogP contribution in [0.15, 0.2) is 18.2 Å². The summed E-state index contributed by atoms with van der Waals surface area (Å²) < 4.78 is 0. The smallest absolute Gasteiger partial charge is 0.243 e. The quantitative estimate of drug-likeness (QED) is 0.901. The molecule has 118 valence electrons. The van der Waals surface area contributed by atoms with Crippen LogP contribution in [0.1, 0.15) is 68.2 Å². The molecule has 1 heterocycles. The first-order valence-electron chi connectivity index (χ1n) is 8.27. The first kappa shape index (κ1) is 15.1. The minimum Gasteiger partial charge on any atom is -0.348 e. The van der Waals surface area contributed by atoms with Crippen molar-refractivity contribution >= 4 is 11.8 Å². The molecule has 2 aliphatic rings. The van der Waals surface area contributed by atoms with E-state index < -0.39 is 0 Å². The number of rotatable bonds is 3. The van der Waals surface area contributed by atoms with Gasteiger partial charge in [-0.05, 0) is 48.3 Å². The highest BCUT2D eigenvalue weighted by atomic mass is 16.2. The lowest BCUT2D eigenvalue weighted by Gasteiger charge is -2.28. The van der Waals surface area contributed by atoms with Crippen LogP contribution < -0.4 is 10.6 Å². The molecule has 2 N–H and O–H groups in total. The van der Waals surface area contributed by atoms with Gasteiger partial charge in [0.15, 0.2) is 0 Å². The number of fused-ring (bicyclic) bond motifs is 1. The van der Waals surface area contributed by atoms with Crippen molar-refractivity contribution in [2.75, 3.05) is 0 Å². The van der Waals surface area contributed by atoms with Crippen LogP contribution in [0.3, 0.4) is 0 Å². The lowest BCUT2D eigenvalue weighted by Crippen LogP contribution is -2.43. The minimum absolute atomic E-state index is 0.0220. The standard InChI is InChI=1S/C18H24N2O2/c1-11(2)13-7-6-12-4-3-5-15(14(12)10-13)20-18(22)16-8-9-17(21)19-16/h6-7,10-11,15-16H,3-5,8-9H2,1-2H3,(H,19,21)(H,20,22)/t15-,16-/m1/s1. The molecule has 0 bridgehead atoms. The molecule has 4 heteroatoms. The summed E-state index contributed by atoms with van der Waals surface area (Å²) in [4.78, 5) is 23.6. The zero-order valence-electron chi connectivity index (χ0n) is 13.3. The van der Waals surface area contributed by atoms with Crippen molar-refractivity contribution in [1.29, 1.82) is 0 Å². The van der Waals surface area contributed by atoms with Crippen LogP contribution in [0.5, 0.6) is 0 Å². The van der Waals surface area contributed by atoms with Gasteiger partial charge in [-0.3, -0.25) is 9.59 Å². The highest BCUT2D eigenvalue weighted by Gasteiger charge is 2.30. The van der Waals surface area contributed by atoms with E-state index in [0.29, 0.717) is 18.8 Å². The van der Waals surface area contributed by atoms with Gasteiger partial charge in [-0.25, -0.2) is 0 Å². The Morgan fingerprint density at radius 1 is 1.27 bits per heavy atom. The van der Waals surface area contributed by atoms with Crippen LogP contribution in [0.2, 0.25) is 0 Å². The first-order valence-corrected chi connectivity index (χ1v) is 8.27. The van der Waals surface area contributed by atoms with E-state index in [1.165, 1.54) is 16.7 Å². The number of hydrogen-bond donors (Lipinski definition) is 2. The molecule has 2 atom stereocenters. The molecule has 3 rings (SSSR count). The molecule has 0 aromatic heterocycles. The molecule has 22 heavy (non-hydrogen) atoms. The van der Waals surface area contributed by atoms with E-state index in [-0.39, 0.29) is 23.9 Å². The van der Waals surface area contributed by atoms with Crippen LogP contribution in [0, 0.1) is 0 Å². The summed E-state index contributed by atoms with van der Waals surface area (Å²) >= 11 is 0. The summed E-state index contributed by atoms with van der Waals surface area (Å²) in [5.41, 5.74) is 3.92. The fourth-order valence-corrected chi connectivity index (χ4v) is 3.41. The van der Waals surface area contributed by atoms with E-state index >= 15 is 0 Å². The van der Waals surface area contributed by atoms with E-state index in [9.17, 15) is 9.59 Å². The monoisotopic (exact) mass is 300 g/mol. The van der Waals surface area contributed by atoms with Crippen LogP contribution >= 0.6 is 0 Å². The van der Waals surface area contributed by atoms with Gasteiger partial charge < -0.3 is 10.6 Å². The van der Waals surface area contributed by atoms with Gasteiger partial charge in [0, 0.05) is 6.42 Å². The average Bonchev–Trinajstić information content (AvgIpc) is 2.94. The van der Waals surface area contributed by atoms with Crippen molar-refractivity contribution in [2.24, 2.45) is 0 Å². The van der Waals surface area contributed by atoms with Gasteiger partial charge in [0.2, 0.25) is 11.8 Å². The summed E-state index contributed by atoms with van der Waals surface area (Å²) in [7, 11) is 0. The van der Waals surface area contributed by atoms with Crippen LogP contribution in [0.4, 0.5) is 0 Å². The summed E-state index contributed by atoms with van der Waals surface area (Å²) in [5, 5.41) is 5.90. The maximum absolute atomic E-state index is 12.4. The molecule has 4 nitrogen and oxygen atoms in total. The second-order valence-electron chi connectivity index (χ2n) is 6.73. The van der Waals surface area contributed by atoms with Gasteiger partial charge in [0.25, 0.3) is 0 Å². The first-order chi connectivity index (χ1) is 10.5. The molecule has 0 saturated carbocycles. The molecule has 2 amide bonds. The fraction of sp³-hybridized carbons (Fsp3) is 0.556. The highest BCUT2D eigenvalue weighted by Crippen LogP contribution is 2.32. The van der Waals surface area contributed by atoms with Gasteiger partial charge in [-0.2, -0.15) is 0 Å². The second-order valence-corrected chi connectivity index (χ2v) is 6.73. The molecule has 1 aromatic carbocycles. The number of amides is 2. The molecule has 1 saturated heterocycles. The lowest BCUT2D eigenvalue weighted by molar-refractivity contribution is -0.126. The number of carbonyl (C=O) groups excluding carboxylic acids is 2. The van der Waals surface area contributed by atoms with E-state index in [1.807, 2.05) is 0 Å². The summed E-state index contributed by atoms with van der Waals surface area (Å²) in [6, 6.07) is 6.38. The summed E-state index contributed by atoms with van der Waals surface area (Å²) in [5.74, 6) is 0.419. The third-order valence-corrected chi connectivity index (χ3v) is 4.78. The molecular weight excluding hydrogens is 276 g/mol. The predicted molar refractivity (Wildman–Crippen MR) is 85.5 cm³/mol. The second kappa shape index (κ2) is 6.11. The number of nitrogens with one attached hydrogen (secondary N) is 2. The van der Waals surface area contributed by atoms with Crippen molar-refractivity contribution < 1.29 is 9.59 Å². The predicted octanol–water partition coefficient (Wildman–Crippen LogP) is 2.58. The van der Waals surface area contributed by atoms with Gasteiger partial charge in [0.05, 0.1) is 6.04 Å². The molecule has 1 aromatic rings. The van der Waals surface area contributed by atoms with Gasteiger partial charge >= 0.3 is 0 Å². The molecule has 1 aliphatic heterocycles. The number of hydrogen-bond acceptors (Lipinski definition) is 2. The molecule has 0 unspecified atom stereocenters. The Balaban J connectivity index is 1.77. The minimum atomic E-state index is -0.355. The van der Waals surface area contributed by atoms with Crippen molar-refractivity contribution in [3.8, 4) is 0 Å². The topological polar surface area (TPSA) is 58.2 Å². The average molecular weight is 300 g/mol. The van der Waals surface area contributed by atoms with E-state index in [0.717, 1.165) is 19.3 Å². The largest absolute Gasteiger partial charge is 0.348 e. The Bertz CT molecular complexity index is 595. The molecule has 0 spiro atoms. The third-order valence-electron chi connectivity index (χ3n) is 4.78. The number of carbonyl (C=O) groups is 2. The van der Waals surface area contributed by atoms with Crippen LogP contribution in [-0.4, -0.2) is 17.9 Å². The van der Waals surface area contributed by atoms with Gasteiger partial charge in [-0.15, -0.1) is 0 Å². The summed E-state index contributed by atoms with van der Waals surface area (Å²) in [6.07, 6.45) is 4.21. The van der Waals surface area contributed by atoms with Gasteiger partial charge in [-0.1, -0.05) is 32.0 Å². The Morgan fingerprint density at radius 3 is 2.77 bits per heavy atom. The van der Waals surface area contributed by atoms with Crippen molar-refractivity contribution in [1.82, 2.24) is 10.6 Å². The number of aryl methyl sites for hydroxylation is 1. The molecule has 1 fully saturated rings. The summed E-state index contributed by atoms with van der Waals surface area (Å²) in [6.45, 7) is 4.37. The third kappa shape index (κ3) is 3.01. The van der Waals surface area contributed by atoms with Crippen molar-refractivity contribution in [2.45, 2.75) is 64.0 Å². The SMILES string of the molecule is CC(C)c1ccc2c(c1)[C@H](NC(=O)[C@H]1CCC(=O)N1)CCC2. The maximum Gasteiger partial charge on any atom is 0.243 e. The maximum atomic E-state index is 12.4. The Labute approximate surface area is 131 Å². The Kier molecular flexibility index (Phi) is 4.19. The molecule has 0 radical (unpaired) electrons. The molecular formula is C18H24N2O2. The fourth-order valence-electron chi connectivity index (χ4n) is 3.41. The zero-order valence-corrected chi connectivity index (χ0v) is 13.3. The van der Waals surface area contributed by atoms with E-state index in [4.69, 9.17) is 0 Å². The van der Waals surface area contributed by atoms with Crippen molar-refractivity contribution in [3.63, 3.8) is 0 Å². The van der Waals surface area contributed by atoms with Crippen LogP contribution in [0.25, 0.3) is 0 Å². The zero-order chi connectivity index (χ0) is 15.7. The lowest BCUT2D eigenvalue weighted by atomic mass is 9.85. The number of benzene rings is 1. The van der Waals surface area contributed by atoms with Crippen molar-refractivity contribution in [3.05, 3.63) is 34.9 Å². The molecule has 1 aliphatic carbocycles. The van der Waals surface area contributed by atoms with Gasteiger partial charge in [0.1, 0.15) is 6.04 Å². The van der Waals surface area contributed by atoms with E-state index in [1.54, 1.807) is 0 Å². The Hall–Kier alpha value is -1.84. The normalized spacial score (nSPS) is 24.0.